The highest BCUT2D eigenvalue weighted by Crippen LogP contribution is 2.25. The van der Waals surface area contributed by atoms with E-state index in [9.17, 15) is 4.79 Å². The van der Waals surface area contributed by atoms with Crippen LogP contribution >= 0.6 is 11.3 Å². The van der Waals surface area contributed by atoms with Gasteiger partial charge >= 0.3 is 0 Å². The second-order valence-corrected chi connectivity index (χ2v) is 7.72. The van der Waals surface area contributed by atoms with Crippen molar-refractivity contribution in [2.75, 3.05) is 5.32 Å². The fraction of sp³-hybridized carbons (Fsp3) is 0.273. The smallest absolute Gasteiger partial charge is 0.226 e. The van der Waals surface area contributed by atoms with Gasteiger partial charge in [0, 0.05) is 17.4 Å². The molecule has 0 unspecified atom stereocenters. The van der Waals surface area contributed by atoms with Gasteiger partial charge in [-0.2, -0.15) is 0 Å². The predicted molar refractivity (Wildman–Crippen MR) is 109 cm³/mol. The van der Waals surface area contributed by atoms with E-state index in [0.29, 0.717) is 17.5 Å². The highest BCUT2D eigenvalue weighted by Gasteiger charge is 2.09. The van der Waals surface area contributed by atoms with Gasteiger partial charge in [0.15, 0.2) is 5.13 Å². The molecule has 0 saturated carbocycles. The van der Waals surface area contributed by atoms with Crippen LogP contribution in [-0.2, 0) is 17.6 Å². The van der Waals surface area contributed by atoms with Crippen molar-refractivity contribution in [1.82, 2.24) is 4.98 Å². The number of nitrogens with zero attached hydrogens (tertiary/aromatic N) is 1. The number of aromatic nitrogens is 1. The van der Waals surface area contributed by atoms with Crippen molar-refractivity contribution in [3.8, 4) is 11.3 Å². The Morgan fingerprint density at radius 1 is 1.04 bits per heavy atom. The van der Waals surface area contributed by atoms with Crippen LogP contribution in [0.4, 0.5) is 5.13 Å². The minimum absolute atomic E-state index is 0.00188. The van der Waals surface area contributed by atoms with Crippen LogP contribution in [-0.4, -0.2) is 10.9 Å². The lowest BCUT2D eigenvalue weighted by Gasteiger charge is -2.05. The topological polar surface area (TPSA) is 42.0 Å². The van der Waals surface area contributed by atoms with Gasteiger partial charge in [-0.05, 0) is 29.9 Å². The molecule has 0 aliphatic rings. The Labute approximate surface area is 159 Å². The first-order chi connectivity index (χ1) is 12.6. The van der Waals surface area contributed by atoms with E-state index in [1.54, 1.807) is 0 Å². The summed E-state index contributed by atoms with van der Waals surface area (Å²) in [6.07, 6.45) is 2.28. The van der Waals surface area contributed by atoms with Crippen LogP contribution in [0.5, 0.6) is 0 Å². The first kappa shape index (κ1) is 18.3. The molecule has 0 atom stereocenters. The third-order valence-corrected chi connectivity index (χ3v) is 4.89. The molecule has 1 aromatic heterocycles. The van der Waals surface area contributed by atoms with E-state index in [-0.39, 0.29) is 5.91 Å². The lowest BCUT2D eigenvalue weighted by atomic mass is 10.0. The summed E-state index contributed by atoms with van der Waals surface area (Å²) in [4.78, 5) is 16.7. The minimum atomic E-state index is 0.00188. The summed E-state index contributed by atoms with van der Waals surface area (Å²) in [6, 6.07) is 18.6. The molecule has 26 heavy (non-hydrogen) atoms. The number of amides is 1. The Balaban J connectivity index is 1.56. The summed E-state index contributed by atoms with van der Waals surface area (Å²) in [5.41, 5.74) is 4.50. The van der Waals surface area contributed by atoms with Gasteiger partial charge in [-0.1, -0.05) is 68.4 Å². The van der Waals surface area contributed by atoms with E-state index in [2.05, 4.69) is 48.4 Å². The summed E-state index contributed by atoms with van der Waals surface area (Å²) < 4.78 is 0. The number of aryl methyl sites for hydroxylation is 1. The number of hydrogen-bond acceptors (Lipinski definition) is 3. The van der Waals surface area contributed by atoms with E-state index in [1.165, 1.54) is 22.5 Å². The Kier molecular flexibility index (Phi) is 6.18. The Hall–Kier alpha value is -2.46. The molecule has 0 bridgehead atoms. The average Bonchev–Trinajstić information content (AvgIpc) is 3.09. The first-order valence-corrected chi connectivity index (χ1v) is 9.87. The zero-order valence-corrected chi connectivity index (χ0v) is 16.1. The van der Waals surface area contributed by atoms with Gasteiger partial charge in [0.05, 0.1) is 5.69 Å². The molecular formula is C22H24N2OS. The molecule has 0 spiro atoms. The normalized spacial score (nSPS) is 10.9. The van der Waals surface area contributed by atoms with Crippen molar-refractivity contribution in [3.05, 3.63) is 71.1 Å². The highest BCUT2D eigenvalue weighted by atomic mass is 32.1. The van der Waals surface area contributed by atoms with E-state index < -0.39 is 0 Å². The summed E-state index contributed by atoms with van der Waals surface area (Å²) in [5.74, 6) is 0.653. The largest absolute Gasteiger partial charge is 0.302 e. The summed E-state index contributed by atoms with van der Waals surface area (Å²) in [5, 5.41) is 5.56. The zero-order chi connectivity index (χ0) is 18.4. The van der Waals surface area contributed by atoms with Crippen LogP contribution in [0.15, 0.2) is 60.0 Å². The van der Waals surface area contributed by atoms with Gasteiger partial charge in [0.1, 0.15) is 0 Å². The SMILES string of the molecule is CC(C)Cc1ccc(-c2csc(NC(=O)CCc3ccccc3)n2)cc1. The van der Waals surface area contributed by atoms with Gasteiger partial charge in [0.25, 0.3) is 0 Å². The standard InChI is InChI=1S/C22H24N2OS/c1-16(2)14-18-8-11-19(12-9-18)20-15-26-22(23-20)24-21(25)13-10-17-6-4-3-5-7-17/h3-9,11-12,15-16H,10,13-14H2,1-2H3,(H,23,24,25). The van der Waals surface area contributed by atoms with E-state index in [1.807, 2.05) is 35.7 Å². The van der Waals surface area contributed by atoms with Crippen LogP contribution in [0.2, 0.25) is 0 Å². The van der Waals surface area contributed by atoms with E-state index in [0.717, 1.165) is 24.1 Å². The molecule has 1 N–H and O–H groups in total. The molecule has 134 valence electrons. The molecule has 0 aliphatic carbocycles. The summed E-state index contributed by atoms with van der Waals surface area (Å²) >= 11 is 1.47. The molecule has 0 aliphatic heterocycles. The number of carbonyl (C=O) groups excluding carboxylic acids is 1. The molecule has 1 heterocycles. The molecule has 2 aromatic carbocycles. The second-order valence-electron chi connectivity index (χ2n) is 6.87. The van der Waals surface area contributed by atoms with Gasteiger partial charge in [-0.3, -0.25) is 4.79 Å². The van der Waals surface area contributed by atoms with Crippen molar-refractivity contribution in [1.29, 1.82) is 0 Å². The zero-order valence-electron chi connectivity index (χ0n) is 15.2. The van der Waals surface area contributed by atoms with Gasteiger partial charge in [-0.15, -0.1) is 11.3 Å². The van der Waals surface area contributed by atoms with Crippen molar-refractivity contribution >= 4 is 22.4 Å². The minimum Gasteiger partial charge on any atom is -0.302 e. The number of anilines is 1. The fourth-order valence-electron chi connectivity index (χ4n) is 2.83. The molecule has 4 heteroatoms. The maximum atomic E-state index is 12.1. The molecule has 3 nitrogen and oxygen atoms in total. The predicted octanol–water partition coefficient (Wildman–Crippen LogP) is 5.58. The highest BCUT2D eigenvalue weighted by molar-refractivity contribution is 7.14. The maximum Gasteiger partial charge on any atom is 0.226 e. The van der Waals surface area contributed by atoms with Gasteiger partial charge in [0.2, 0.25) is 5.91 Å². The van der Waals surface area contributed by atoms with E-state index >= 15 is 0 Å². The van der Waals surface area contributed by atoms with Gasteiger partial charge in [-0.25, -0.2) is 4.98 Å². The monoisotopic (exact) mass is 364 g/mol. The Morgan fingerprint density at radius 2 is 1.77 bits per heavy atom. The maximum absolute atomic E-state index is 12.1. The molecule has 0 saturated heterocycles. The van der Waals surface area contributed by atoms with Crippen LogP contribution < -0.4 is 5.32 Å². The summed E-state index contributed by atoms with van der Waals surface area (Å²) in [6.45, 7) is 4.45. The quantitative estimate of drug-likeness (QED) is 0.594. The first-order valence-electron chi connectivity index (χ1n) is 8.99. The van der Waals surface area contributed by atoms with Crippen molar-refractivity contribution in [2.45, 2.75) is 33.1 Å². The molecule has 0 fully saturated rings. The van der Waals surface area contributed by atoms with Crippen molar-refractivity contribution < 1.29 is 4.79 Å². The lowest BCUT2D eigenvalue weighted by molar-refractivity contribution is -0.116. The molecular weight excluding hydrogens is 340 g/mol. The molecule has 3 aromatic rings. The number of carbonyl (C=O) groups is 1. The van der Waals surface area contributed by atoms with E-state index in [4.69, 9.17) is 0 Å². The summed E-state index contributed by atoms with van der Waals surface area (Å²) in [7, 11) is 0. The number of thiazole rings is 1. The van der Waals surface area contributed by atoms with Crippen LogP contribution in [0.1, 0.15) is 31.4 Å². The van der Waals surface area contributed by atoms with Crippen LogP contribution in [0, 0.1) is 5.92 Å². The second kappa shape index (κ2) is 8.77. The third-order valence-electron chi connectivity index (χ3n) is 4.13. The van der Waals surface area contributed by atoms with Crippen LogP contribution in [0.3, 0.4) is 0 Å². The molecule has 0 radical (unpaired) electrons. The van der Waals surface area contributed by atoms with Crippen LogP contribution in [0.25, 0.3) is 11.3 Å². The number of rotatable bonds is 7. The lowest BCUT2D eigenvalue weighted by Crippen LogP contribution is -2.12. The number of hydrogen-bond donors (Lipinski definition) is 1. The number of benzene rings is 2. The Morgan fingerprint density at radius 3 is 2.46 bits per heavy atom. The molecule has 1 amide bonds. The Bertz CT molecular complexity index is 838. The molecule has 3 rings (SSSR count). The van der Waals surface area contributed by atoms with Gasteiger partial charge < -0.3 is 5.32 Å². The number of nitrogens with one attached hydrogen (secondary N) is 1. The third kappa shape index (κ3) is 5.27. The fourth-order valence-corrected chi connectivity index (χ4v) is 3.57. The van der Waals surface area contributed by atoms with Crippen molar-refractivity contribution in [3.63, 3.8) is 0 Å². The van der Waals surface area contributed by atoms with Crippen molar-refractivity contribution in [2.24, 2.45) is 5.92 Å². The average molecular weight is 365 g/mol.